The summed E-state index contributed by atoms with van der Waals surface area (Å²) >= 11 is 1.13. The fraction of sp³-hybridized carbons (Fsp3) is 0.118. The third-order valence-electron chi connectivity index (χ3n) is 3.98. The number of para-hydroxylation sites is 2. The smallest absolute Gasteiger partial charge is 0.310 e. The summed E-state index contributed by atoms with van der Waals surface area (Å²) in [7, 11) is 0. The number of carbonyl (C=O) groups excluding carboxylic acids is 2. The number of rotatable bonds is 5. The Labute approximate surface area is 167 Å². The Morgan fingerprint density at radius 3 is 2.72 bits per heavy atom. The van der Waals surface area contributed by atoms with Gasteiger partial charge in [0.05, 0.1) is 10.7 Å². The summed E-state index contributed by atoms with van der Waals surface area (Å²) in [5, 5.41) is 20.4. The second kappa shape index (κ2) is 7.67. The standard InChI is InChI=1S/C17H12N6O5S/c24-15-10-29-17-20-19-14(9-28-13-4-2-1-3-12(13)23(26)27)21(17)22(15)16(25)11-5-7-18-8-6-11/h1-8H,9-10H2. The molecular formula is C17H12N6O5S. The van der Waals surface area contributed by atoms with E-state index in [4.69, 9.17) is 4.74 Å². The summed E-state index contributed by atoms with van der Waals surface area (Å²) < 4.78 is 6.82. The van der Waals surface area contributed by atoms with Gasteiger partial charge in [-0.15, -0.1) is 10.2 Å². The second-order valence-corrected chi connectivity index (χ2v) is 6.70. The number of amides is 2. The summed E-state index contributed by atoms with van der Waals surface area (Å²) in [5.74, 6) is -0.792. The number of pyridine rings is 1. The van der Waals surface area contributed by atoms with Crippen LogP contribution >= 0.6 is 11.8 Å². The van der Waals surface area contributed by atoms with E-state index in [9.17, 15) is 19.7 Å². The number of aromatic nitrogens is 4. The monoisotopic (exact) mass is 412 g/mol. The zero-order valence-electron chi connectivity index (χ0n) is 14.7. The maximum absolute atomic E-state index is 12.9. The van der Waals surface area contributed by atoms with Crippen LogP contribution in [0.4, 0.5) is 5.69 Å². The van der Waals surface area contributed by atoms with E-state index in [1.807, 2.05) is 0 Å². The molecule has 1 aliphatic heterocycles. The van der Waals surface area contributed by atoms with Crippen LogP contribution in [0.1, 0.15) is 16.2 Å². The molecule has 0 spiro atoms. The predicted octanol–water partition coefficient (Wildman–Crippen LogP) is 1.57. The molecule has 3 aromatic rings. The SMILES string of the molecule is O=C1CSc2nnc(COc3ccccc3[N+](=O)[O-])n2N1C(=O)c1ccncc1. The molecule has 0 saturated carbocycles. The number of hydrogen-bond acceptors (Lipinski definition) is 9. The normalized spacial score (nSPS) is 13.1. The van der Waals surface area contributed by atoms with Crippen LogP contribution < -0.4 is 9.75 Å². The fourth-order valence-electron chi connectivity index (χ4n) is 2.67. The van der Waals surface area contributed by atoms with Crippen molar-refractivity contribution in [3.8, 4) is 5.75 Å². The lowest BCUT2D eigenvalue weighted by Crippen LogP contribution is -2.49. The van der Waals surface area contributed by atoms with Gasteiger partial charge in [0.2, 0.25) is 5.16 Å². The van der Waals surface area contributed by atoms with Crippen LogP contribution in [0, 0.1) is 10.1 Å². The topological polar surface area (TPSA) is 133 Å². The maximum Gasteiger partial charge on any atom is 0.310 e. The van der Waals surface area contributed by atoms with E-state index in [0.29, 0.717) is 5.16 Å². The first-order chi connectivity index (χ1) is 14.1. The van der Waals surface area contributed by atoms with Crippen molar-refractivity contribution in [3.05, 3.63) is 70.3 Å². The highest BCUT2D eigenvalue weighted by Crippen LogP contribution is 2.28. The highest BCUT2D eigenvalue weighted by Gasteiger charge is 2.34. The van der Waals surface area contributed by atoms with Gasteiger partial charge in [-0.3, -0.25) is 24.7 Å². The van der Waals surface area contributed by atoms with Gasteiger partial charge in [-0.1, -0.05) is 23.9 Å². The molecule has 146 valence electrons. The maximum atomic E-state index is 12.9. The van der Waals surface area contributed by atoms with Gasteiger partial charge in [-0.05, 0) is 18.2 Å². The first-order valence-electron chi connectivity index (χ1n) is 8.27. The molecule has 0 saturated heterocycles. The van der Waals surface area contributed by atoms with Crippen molar-refractivity contribution < 1.29 is 19.2 Å². The molecule has 0 radical (unpaired) electrons. The molecule has 1 aliphatic rings. The molecule has 29 heavy (non-hydrogen) atoms. The second-order valence-electron chi connectivity index (χ2n) is 5.76. The molecular weight excluding hydrogens is 400 g/mol. The molecule has 0 fully saturated rings. The van der Waals surface area contributed by atoms with Crippen LogP contribution in [-0.2, 0) is 11.4 Å². The Balaban J connectivity index is 1.65. The predicted molar refractivity (Wildman–Crippen MR) is 100.0 cm³/mol. The van der Waals surface area contributed by atoms with Gasteiger partial charge in [0.15, 0.2) is 18.2 Å². The summed E-state index contributed by atoms with van der Waals surface area (Å²) in [6, 6.07) is 8.86. The highest BCUT2D eigenvalue weighted by atomic mass is 32.2. The minimum atomic E-state index is -0.564. The van der Waals surface area contributed by atoms with Crippen LogP contribution in [0.3, 0.4) is 0 Å². The number of nitro groups is 1. The van der Waals surface area contributed by atoms with E-state index < -0.39 is 16.7 Å². The molecule has 0 unspecified atom stereocenters. The van der Waals surface area contributed by atoms with E-state index in [-0.39, 0.29) is 35.2 Å². The average Bonchev–Trinajstić information content (AvgIpc) is 3.15. The lowest BCUT2D eigenvalue weighted by Gasteiger charge is -2.27. The number of ether oxygens (including phenoxy) is 1. The van der Waals surface area contributed by atoms with Gasteiger partial charge >= 0.3 is 5.69 Å². The molecule has 11 nitrogen and oxygen atoms in total. The molecule has 3 heterocycles. The third kappa shape index (κ3) is 3.52. The first kappa shape index (κ1) is 18.6. The van der Waals surface area contributed by atoms with Crippen LogP contribution in [0.15, 0.2) is 53.9 Å². The van der Waals surface area contributed by atoms with Gasteiger partial charge in [0.1, 0.15) is 0 Å². The van der Waals surface area contributed by atoms with Gasteiger partial charge in [-0.2, -0.15) is 9.69 Å². The van der Waals surface area contributed by atoms with Crippen molar-refractivity contribution in [2.75, 3.05) is 10.8 Å². The average molecular weight is 412 g/mol. The summed E-state index contributed by atoms with van der Waals surface area (Å²) in [4.78, 5) is 39.8. The summed E-state index contributed by atoms with van der Waals surface area (Å²) in [6.45, 7) is -0.230. The Hall–Kier alpha value is -3.80. The number of carbonyl (C=O) groups is 2. The third-order valence-corrected chi connectivity index (χ3v) is 4.88. The van der Waals surface area contributed by atoms with Crippen molar-refractivity contribution in [1.82, 2.24) is 19.9 Å². The number of imide groups is 1. The van der Waals surface area contributed by atoms with Crippen LogP contribution in [0.25, 0.3) is 0 Å². The lowest BCUT2D eigenvalue weighted by atomic mass is 10.2. The fourth-order valence-corrected chi connectivity index (χ4v) is 3.45. The van der Waals surface area contributed by atoms with Gasteiger partial charge < -0.3 is 4.74 Å². The summed E-state index contributed by atoms with van der Waals surface area (Å²) in [6.07, 6.45) is 2.89. The van der Waals surface area contributed by atoms with E-state index in [0.717, 1.165) is 16.8 Å². The number of hydrogen-bond donors (Lipinski definition) is 0. The van der Waals surface area contributed by atoms with Gasteiger partial charge in [0, 0.05) is 24.0 Å². The Bertz CT molecular complexity index is 1100. The number of benzene rings is 1. The van der Waals surface area contributed by atoms with Gasteiger partial charge in [0.25, 0.3) is 11.8 Å². The Morgan fingerprint density at radius 2 is 1.97 bits per heavy atom. The highest BCUT2D eigenvalue weighted by molar-refractivity contribution is 7.99. The molecule has 1 aromatic carbocycles. The quantitative estimate of drug-likeness (QED) is 0.348. The van der Waals surface area contributed by atoms with Crippen molar-refractivity contribution in [3.63, 3.8) is 0 Å². The molecule has 0 aliphatic carbocycles. The van der Waals surface area contributed by atoms with E-state index in [1.54, 1.807) is 6.07 Å². The molecule has 4 rings (SSSR count). The van der Waals surface area contributed by atoms with E-state index in [1.165, 1.54) is 47.4 Å². The molecule has 0 atom stereocenters. The lowest BCUT2D eigenvalue weighted by molar-refractivity contribution is -0.386. The number of thioether (sulfide) groups is 1. The van der Waals surface area contributed by atoms with Crippen molar-refractivity contribution in [2.24, 2.45) is 0 Å². The van der Waals surface area contributed by atoms with Crippen molar-refractivity contribution >= 4 is 29.3 Å². The molecule has 0 N–H and O–H groups in total. The zero-order valence-corrected chi connectivity index (χ0v) is 15.5. The number of nitrogens with zero attached hydrogens (tertiary/aromatic N) is 6. The van der Waals surface area contributed by atoms with Crippen LogP contribution in [-0.4, -0.2) is 42.3 Å². The Kier molecular flexibility index (Phi) is 4.91. The number of fused-ring (bicyclic) bond motifs is 1. The molecule has 2 amide bonds. The van der Waals surface area contributed by atoms with E-state index >= 15 is 0 Å². The Morgan fingerprint density at radius 1 is 1.21 bits per heavy atom. The van der Waals surface area contributed by atoms with Crippen molar-refractivity contribution in [1.29, 1.82) is 0 Å². The van der Waals surface area contributed by atoms with Crippen LogP contribution in [0.5, 0.6) is 5.75 Å². The molecule has 12 heteroatoms. The van der Waals surface area contributed by atoms with Gasteiger partial charge in [-0.25, -0.2) is 0 Å². The van der Waals surface area contributed by atoms with Crippen molar-refractivity contribution in [2.45, 2.75) is 11.8 Å². The minimum Gasteiger partial charge on any atom is -0.478 e. The molecule has 2 aromatic heterocycles. The number of nitro benzene ring substituents is 1. The minimum absolute atomic E-state index is 0.0277. The largest absolute Gasteiger partial charge is 0.478 e. The molecule has 0 bridgehead atoms. The zero-order chi connectivity index (χ0) is 20.4. The van der Waals surface area contributed by atoms with E-state index in [2.05, 4.69) is 15.2 Å². The summed E-state index contributed by atoms with van der Waals surface area (Å²) in [5.41, 5.74) is 0.0616. The first-order valence-corrected chi connectivity index (χ1v) is 9.25. The van der Waals surface area contributed by atoms with Crippen LogP contribution in [0.2, 0.25) is 0 Å².